The highest BCUT2D eigenvalue weighted by molar-refractivity contribution is 5.94. The molecule has 0 aliphatic carbocycles. The van der Waals surface area contributed by atoms with Gasteiger partial charge in [0, 0.05) is 26.3 Å². The van der Waals surface area contributed by atoms with Crippen molar-refractivity contribution < 1.29 is 14.7 Å². The number of piperazine rings is 1. The molecule has 2 aromatic rings. The van der Waals surface area contributed by atoms with E-state index >= 15 is 0 Å². The first-order valence-electron chi connectivity index (χ1n) is 6.60. The zero-order valence-corrected chi connectivity index (χ0v) is 11.5. The molecule has 3 rings (SSSR count). The molecule has 2 aromatic heterocycles. The summed E-state index contributed by atoms with van der Waals surface area (Å²) >= 11 is 0. The van der Waals surface area contributed by atoms with Crippen LogP contribution in [0.5, 0.6) is 0 Å². The van der Waals surface area contributed by atoms with Crippen LogP contribution in [0.15, 0.2) is 18.6 Å². The molecule has 1 unspecified atom stereocenters. The summed E-state index contributed by atoms with van der Waals surface area (Å²) in [5.74, 6) is -0.761. The second kappa shape index (κ2) is 5.04. The molecule has 1 amide bonds. The van der Waals surface area contributed by atoms with E-state index in [1.165, 1.54) is 0 Å². The predicted octanol–water partition coefficient (Wildman–Crippen LogP) is -0.252. The largest absolute Gasteiger partial charge is 0.481 e. The summed E-state index contributed by atoms with van der Waals surface area (Å²) in [5.41, 5.74) is 1.56. The smallest absolute Gasteiger partial charge is 0.305 e. The van der Waals surface area contributed by atoms with E-state index in [0.717, 1.165) is 5.52 Å². The number of pyridine rings is 1. The Morgan fingerprint density at radius 2 is 2.33 bits per heavy atom. The van der Waals surface area contributed by atoms with Gasteiger partial charge >= 0.3 is 5.97 Å². The van der Waals surface area contributed by atoms with E-state index in [1.807, 2.05) is 17.7 Å². The molecule has 0 radical (unpaired) electrons. The van der Waals surface area contributed by atoms with Crippen LogP contribution in [-0.2, 0) is 16.6 Å². The zero-order valence-electron chi connectivity index (χ0n) is 11.5. The predicted molar refractivity (Wildman–Crippen MR) is 74.9 cm³/mol. The maximum Gasteiger partial charge on any atom is 0.305 e. The van der Waals surface area contributed by atoms with Crippen LogP contribution in [0, 0.1) is 0 Å². The van der Waals surface area contributed by atoms with Crippen molar-refractivity contribution in [1.82, 2.24) is 19.9 Å². The van der Waals surface area contributed by atoms with Crippen LogP contribution >= 0.6 is 0 Å². The molecule has 0 spiro atoms. The first-order valence-corrected chi connectivity index (χ1v) is 6.60. The van der Waals surface area contributed by atoms with Crippen molar-refractivity contribution in [3.05, 3.63) is 18.6 Å². The number of imidazole rings is 1. The number of aromatic nitrogens is 3. The highest BCUT2D eigenvalue weighted by atomic mass is 16.4. The summed E-state index contributed by atoms with van der Waals surface area (Å²) in [7, 11) is 1.87. The average Bonchev–Trinajstić information content (AvgIpc) is 2.83. The number of aryl methyl sites for hydroxylation is 1. The summed E-state index contributed by atoms with van der Waals surface area (Å²) in [6.07, 6.45) is 3.05. The van der Waals surface area contributed by atoms with Crippen molar-refractivity contribution in [2.75, 3.05) is 18.0 Å². The number of nitrogens with one attached hydrogen (secondary N) is 1. The van der Waals surface area contributed by atoms with Gasteiger partial charge in [-0.3, -0.25) is 9.59 Å². The number of fused-ring (bicyclic) bond motifs is 1. The number of nitrogens with zero attached hydrogens (tertiary/aromatic N) is 4. The molecule has 1 aliphatic rings. The molecule has 1 atom stereocenters. The molecular formula is C13H15N5O3. The molecule has 1 saturated heterocycles. The van der Waals surface area contributed by atoms with E-state index in [-0.39, 0.29) is 12.3 Å². The number of hydrogen-bond acceptors (Lipinski definition) is 5. The molecule has 1 fully saturated rings. The van der Waals surface area contributed by atoms with Gasteiger partial charge in [-0.1, -0.05) is 0 Å². The van der Waals surface area contributed by atoms with Crippen molar-refractivity contribution in [3.63, 3.8) is 0 Å². The number of anilines is 1. The summed E-state index contributed by atoms with van der Waals surface area (Å²) in [4.78, 5) is 33.3. The normalized spacial score (nSPS) is 18.8. The van der Waals surface area contributed by atoms with Crippen molar-refractivity contribution in [3.8, 4) is 0 Å². The second-order valence-corrected chi connectivity index (χ2v) is 4.96. The third-order valence-corrected chi connectivity index (χ3v) is 3.59. The van der Waals surface area contributed by atoms with Crippen molar-refractivity contribution in [2.45, 2.75) is 12.5 Å². The van der Waals surface area contributed by atoms with Gasteiger partial charge in [0.25, 0.3) is 0 Å². The van der Waals surface area contributed by atoms with E-state index < -0.39 is 12.0 Å². The van der Waals surface area contributed by atoms with Gasteiger partial charge in [0.1, 0.15) is 11.6 Å². The lowest BCUT2D eigenvalue weighted by atomic mass is 10.1. The number of carbonyl (C=O) groups excluding carboxylic acids is 1. The molecule has 8 heteroatoms. The highest BCUT2D eigenvalue weighted by Gasteiger charge is 2.33. The maximum absolute atomic E-state index is 12.0. The lowest BCUT2D eigenvalue weighted by Gasteiger charge is -2.35. The summed E-state index contributed by atoms with van der Waals surface area (Å²) in [6, 6.07) is 1.07. The lowest BCUT2D eigenvalue weighted by Crippen LogP contribution is -2.56. The van der Waals surface area contributed by atoms with Crippen molar-refractivity contribution >= 4 is 28.7 Å². The minimum atomic E-state index is -1.02. The van der Waals surface area contributed by atoms with Gasteiger partial charge in [0.15, 0.2) is 5.82 Å². The second-order valence-electron chi connectivity index (χ2n) is 4.96. The van der Waals surface area contributed by atoms with Crippen LogP contribution in [0.2, 0.25) is 0 Å². The topological polar surface area (TPSA) is 100 Å². The van der Waals surface area contributed by atoms with Gasteiger partial charge < -0.3 is 19.9 Å². The van der Waals surface area contributed by atoms with Crippen LogP contribution in [-0.4, -0.2) is 50.6 Å². The van der Waals surface area contributed by atoms with E-state index in [9.17, 15) is 9.59 Å². The third-order valence-electron chi connectivity index (χ3n) is 3.59. The van der Waals surface area contributed by atoms with Crippen LogP contribution < -0.4 is 10.2 Å². The molecule has 0 bridgehead atoms. The zero-order chi connectivity index (χ0) is 15.0. The number of carboxylic acids is 1. The minimum absolute atomic E-state index is 0.267. The third kappa shape index (κ3) is 2.28. The Hall–Kier alpha value is -2.64. The first kappa shape index (κ1) is 13.3. The van der Waals surface area contributed by atoms with Gasteiger partial charge in [-0.05, 0) is 6.07 Å². The molecular weight excluding hydrogens is 274 g/mol. The van der Waals surface area contributed by atoms with E-state index in [2.05, 4.69) is 15.3 Å². The summed E-state index contributed by atoms with van der Waals surface area (Å²) in [6.45, 7) is 0.965. The Labute approximate surface area is 120 Å². The van der Waals surface area contributed by atoms with Gasteiger partial charge in [0.05, 0.1) is 18.3 Å². The molecule has 8 nitrogen and oxygen atoms in total. The fraction of sp³-hybridized carbons (Fsp3) is 0.385. The Balaban J connectivity index is 2.06. The molecule has 21 heavy (non-hydrogen) atoms. The Morgan fingerprint density at radius 1 is 1.52 bits per heavy atom. The van der Waals surface area contributed by atoms with Gasteiger partial charge in [-0.15, -0.1) is 0 Å². The number of amides is 1. The fourth-order valence-corrected chi connectivity index (χ4v) is 2.59. The molecule has 2 N–H and O–H groups in total. The molecule has 3 heterocycles. The van der Waals surface area contributed by atoms with E-state index in [4.69, 9.17) is 5.11 Å². The van der Waals surface area contributed by atoms with Gasteiger partial charge in [-0.25, -0.2) is 9.97 Å². The SMILES string of the molecule is Cn1cnc2c(N3CCNC(=O)C3CC(=O)O)nccc21. The Morgan fingerprint density at radius 3 is 3.10 bits per heavy atom. The highest BCUT2D eigenvalue weighted by Crippen LogP contribution is 2.26. The van der Waals surface area contributed by atoms with Crippen LogP contribution in [0.3, 0.4) is 0 Å². The molecule has 110 valence electrons. The molecule has 0 saturated carbocycles. The maximum atomic E-state index is 12.0. The van der Waals surface area contributed by atoms with Crippen molar-refractivity contribution in [1.29, 1.82) is 0 Å². The Bertz CT molecular complexity index is 711. The van der Waals surface area contributed by atoms with Gasteiger partial charge in [-0.2, -0.15) is 0 Å². The fourth-order valence-electron chi connectivity index (χ4n) is 2.59. The standard InChI is InChI=1S/C13H15N5O3/c1-17-7-16-11-8(17)2-3-14-12(11)18-5-4-15-13(21)9(18)6-10(19)20/h2-3,7,9H,4-6H2,1H3,(H,15,21)(H,19,20). The summed E-state index contributed by atoms with van der Waals surface area (Å²) in [5, 5.41) is 11.7. The average molecular weight is 289 g/mol. The monoisotopic (exact) mass is 289 g/mol. The quantitative estimate of drug-likeness (QED) is 0.808. The van der Waals surface area contributed by atoms with Crippen LogP contribution in [0.25, 0.3) is 11.0 Å². The molecule has 0 aromatic carbocycles. The number of carbonyl (C=O) groups is 2. The summed E-state index contributed by atoms with van der Waals surface area (Å²) < 4.78 is 1.86. The number of aliphatic carboxylic acids is 1. The Kier molecular flexibility index (Phi) is 3.20. The van der Waals surface area contributed by atoms with E-state index in [0.29, 0.717) is 24.4 Å². The molecule has 1 aliphatic heterocycles. The van der Waals surface area contributed by atoms with E-state index in [1.54, 1.807) is 17.4 Å². The lowest BCUT2D eigenvalue weighted by molar-refractivity contribution is -0.139. The minimum Gasteiger partial charge on any atom is -0.481 e. The number of rotatable bonds is 3. The first-order chi connectivity index (χ1) is 10.1. The van der Waals surface area contributed by atoms with Crippen LogP contribution in [0.4, 0.5) is 5.82 Å². The van der Waals surface area contributed by atoms with Gasteiger partial charge in [0.2, 0.25) is 5.91 Å². The number of hydrogen-bond donors (Lipinski definition) is 2. The number of carboxylic acid groups (broad SMARTS) is 1. The van der Waals surface area contributed by atoms with Crippen molar-refractivity contribution in [2.24, 2.45) is 7.05 Å². The van der Waals surface area contributed by atoms with Crippen LogP contribution in [0.1, 0.15) is 6.42 Å².